The van der Waals surface area contributed by atoms with Gasteiger partial charge in [-0.1, -0.05) is 60.8 Å². The molecule has 0 amide bonds. The van der Waals surface area contributed by atoms with Crippen molar-refractivity contribution in [2.24, 2.45) is 16.2 Å². The van der Waals surface area contributed by atoms with Gasteiger partial charge in [0, 0.05) is 53.8 Å². The van der Waals surface area contributed by atoms with Gasteiger partial charge >= 0.3 is 0 Å². The second-order valence-corrected chi connectivity index (χ2v) is 6.89. The van der Waals surface area contributed by atoms with Crippen molar-refractivity contribution in [2.45, 2.75) is 60.8 Å². The summed E-state index contributed by atoms with van der Waals surface area (Å²) in [6.07, 6.45) is 3.39. The molecule has 95 valence electrons. The predicted molar refractivity (Wildman–Crippen MR) is 65.9 cm³/mol. The molecule has 2 atom stereocenters. The first-order valence-corrected chi connectivity index (χ1v) is 5.68. The Morgan fingerprint density at radius 1 is 0.812 bits per heavy atom. The van der Waals surface area contributed by atoms with Crippen molar-refractivity contribution in [3.8, 4) is 0 Å². The molecular weight excluding hydrogens is 441 g/mol. The summed E-state index contributed by atoms with van der Waals surface area (Å²) in [4.78, 5) is 0. The summed E-state index contributed by atoms with van der Waals surface area (Å²) in [7, 11) is 0. The van der Waals surface area contributed by atoms with E-state index in [0.717, 1.165) is 19.3 Å². The van der Waals surface area contributed by atoms with Crippen LogP contribution in [0.25, 0.3) is 0 Å². The fraction of sp³-hybridized carbons (Fsp3) is 0.857. The largest absolute Gasteiger partial charge is 0.338 e. The molecule has 0 aliphatic carbocycles. The average Bonchev–Trinajstić information content (AvgIpc) is 1.78. The van der Waals surface area contributed by atoms with Crippen LogP contribution in [-0.2, 0) is 53.8 Å². The van der Waals surface area contributed by atoms with Crippen LogP contribution in [0, 0.1) is 30.1 Å². The number of rotatable bonds is 4. The van der Waals surface area contributed by atoms with Crippen molar-refractivity contribution >= 4 is 0 Å². The first-order chi connectivity index (χ1) is 5.97. The zero-order chi connectivity index (χ0) is 11.6. The average molecular weight is 469 g/mol. The molecule has 0 saturated heterocycles. The third kappa shape index (κ3) is 12.3. The van der Waals surface area contributed by atoms with Gasteiger partial charge in [0.2, 0.25) is 0 Å². The normalized spacial score (nSPS) is 18.8. The van der Waals surface area contributed by atoms with Crippen LogP contribution in [0.3, 0.4) is 0 Å². The molecule has 0 spiro atoms. The second kappa shape index (κ2) is 8.06. The number of hydrogen-bond donors (Lipinski definition) is 0. The van der Waals surface area contributed by atoms with Crippen LogP contribution in [0.2, 0.25) is 0 Å². The molecule has 0 aromatic heterocycles. The van der Waals surface area contributed by atoms with Crippen LogP contribution in [-0.4, -0.2) is 0 Å². The Bertz CT molecular complexity index is 178. The summed E-state index contributed by atoms with van der Waals surface area (Å²) < 4.78 is 0. The van der Waals surface area contributed by atoms with E-state index < -0.39 is 0 Å². The zero-order valence-electron chi connectivity index (χ0n) is 12.0. The molecule has 2 heteroatoms. The minimum Gasteiger partial charge on any atom is -0.338 e. The van der Waals surface area contributed by atoms with Crippen LogP contribution < -0.4 is 0 Å². The van der Waals surface area contributed by atoms with Gasteiger partial charge in [-0.25, -0.2) is 0 Å². The third-order valence-electron chi connectivity index (χ3n) is 2.66. The Morgan fingerprint density at radius 3 is 1.44 bits per heavy atom. The molecule has 0 bridgehead atoms. The minimum absolute atomic E-state index is 0. The summed E-state index contributed by atoms with van der Waals surface area (Å²) in [5, 5.41) is 0. The molecule has 0 fully saturated rings. The quantitative estimate of drug-likeness (QED) is 0.515. The first kappa shape index (κ1) is 22.9. The monoisotopic (exact) mass is 469 g/mol. The molecule has 0 N–H and O–H groups in total. The molecule has 1 radical (unpaired) electrons. The van der Waals surface area contributed by atoms with Crippen LogP contribution in [0.5, 0.6) is 0 Å². The summed E-state index contributed by atoms with van der Waals surface area (Å²) >= 11 is 0. The molecule has 0 aromatic rings. The Kier molecular flexibility index (Phi) is 11.6. The van der Waals surface area contributed by atoms with Crippen molar-refractivity contribution < 1.29 is 53.8 Å². The minimum atomic E-state index is 0. The van der Waals surface area contributed by atoms with Gasteiger partial charge in [0.15, 0.2) is 0 Å². The van der Waals surface area contributed by atoms with Gasteiger partial charge in [-0.15, -0.1) is 0 Å². The van der Waals surface area contributed by atoms with E-state index in [4.69, 9.17) is 0 Å². The Labute approximate surface area is 143 Å². The van der Waals surface area contributed by atoms with Gasteiger partial charge in [-0.2, -0.15) is 10.8 Å². The van der Waals surface area contributed by atoms with Crippen LogP contribution in [0.1, 0.15) is 60.8 Å². The molecule has 0 aromatic carbocycles. The molecule has 16 heavy (non-hydrogen) atoms. The van der Waals surface area contributed by atoms with E-state index in [1.54, 1.807) is 0 Å². The van der Waals surface area contributed by atoms with Crippen molar-refractivity contribution in [2.75, 3.05) is 0 Å². The van der Waals surface area contributed by atoms with E-state index in [1.807, 2.05) is 0 Å². The third-order valence-corrected chi connectivity index (χ3v) is 2.66. The van der Waals surface area contributed by atoms with Gasteiger partial charge in [0.05, 0.1) is 0 Å². The second-order valence-electron chi connectivity index (χ2n) is 6.89. The molecule has 0 aliphatic rings. The van der Waals surface area contributed by atoms with E-state index in [0.29, 0.717) is 5.41 Å². The summed E-state index contributed by atoms with van der Waals surface area (Å²) in [5.74, 6) is 0. The van der Waals surface area contributed by atoms with Crippen LogP contribution >= 0.6 is 0 Å². The van der Waals surface area contributed by atoms with E-state index >= 15 is 0 Å². The molecular formula is C14H28WY-2. The van der Waals surface area contributed by atoms with Crippen molar-refractivity contribution in [1.82, 2.24) is 0 Å². The Balaban J connectivity index is -0.000000845. The Morgan fingerprint density at radius 2 is 1.19 bits per heavy atom. The molecule has 0 aliphatic heterocycles. The van der Waals surface area contributed by atoms with Crippen molar-refractivity contribution in [3.63, 3.8) is 0 Å². The summed E-state index contributed by atoms with van der Waals surface area (Å²) in [6.45, 7) is 22.2. The molecule has 0 heterocycles. The molecule has 0 unspecified atom stereocenters. The van der Waals surface area contributed by atoms with Gasteiger partial charge in [0.1, 0.15) is 0 Å². The van der Waals surface area contributed by atoms with E-state index in [9.17, 15) is 0 Å². The van der Waals surface area contributed by atoms with Gasteiger partial charge < -0.3 is 13.8 Å². The topological polar surface area (TPSA) is 0 Å². The van der Waals surface area contributed by atoms with E-state index in [2.05, 4.69) is 55.4 Å². The maximum atomic E-state index is 4.35. The van der Waals surface area contributed by atoms with E-state index in [1.165, 1.54) is 0 Å². The number of hydrogen-bond acceptors (Lipinski definition) is 0. The maximum Gasteiger partial charge on any atom is 0 e. The van der Waals surface area contributed by atoms with Crippen LogP contribution in [0.4, 0.5) is 0 Å². The summed E-state index contributed by atoms with van der Waals surface area (Å²) in [5.41, 5.74) is 0.701. The van der Waals surface area contributed by atoms with Crippen molar-refractivity contribution in [1.29, 1.82) is 0 Å². The fourth-order valence-electron chi connectivity index (χ4n) is 2.50. The van der Waals surface area contributed by atoms with Gasteiger partial charge in [0.25, 0.3) is 0 Å². The Hall–Kier alpha value is 1.79. The molecule has 0 rings (SSSR count). The van der Waals surface area contributed by atoms with E-state index in [-0.39, 0.29) is 64.6 Å². The summed E-state index contributed by atoms with van der Waals surface area (Å²) in [6, 6.07) is 0. The maximum absolute atomic E-state index is 4.35. The smallest absolute Gasteiger partial charge is 0 e. The fourth-order valence-corrected chi connectivity index (χ4v) is 2.50. The standard InChI is InChI=1S/C14H28.W.Y/c1-9-13(5,6)11-14(7,8)10-12(2,3)4;;/h5,7,9-11H2,1-4,6,8H3;;/q-2;;/t13-,14+;;/m0../s1. The predicted octanol–water partition coefficient (Wildman–Crippen LogP) is 4.90. The first-order valence-electron chi connectivity index (χ1n) is 5.68. The molecule has 0 nitrogen and oxygen atoms in total. The van der Waals surface area contributed by atoms with Gasteiger partial charge in [-0.05, 0) is 5.41 Å². The molecule has 0 saturated carbocycles. The zero-order valence-corrected chi connectivity index (χ0v) is 17.8. The van der Waals surface area contributed by atoms with Crippen LogP contribution in [0.15, 0.2) is 0 Å². The van der Waals surface area contributed by atoms with Gasteiger partial charge in [-0.3, -0.25) is 0 Å². The van der Waals surface area contributed by atoms with Crippen molar-refractivity contribution in [3.05, 3.63) is 13.8 Å². The SMILES string of the molecule is [CH2-][C@](C)(CC)C[C@]([CH2-])(C)CC(C)(C)C.[W].[Y].